The van der Waals surface area contributed by atoms with Crippen molar-refractivity contribution in [1.29, 1.82) is 0 Å². The number of benzene rings is 1. The summed E-state index contributed by atoms with van der Waals surface area (Å²) in [5.74, 6) is -1.27. The molecular weight excluding hydrogens is 236 g/mol. The molecule has 0 amide bonds. The van der Waals surface area contributed by atoms with Crippen LogP contribution in [0.3, 0.4) is 0 Å². The minimum atomic E-state index is -0.862. The van der Waals surface area contributed by atoms with Gasteiger partial charge in [-0.25, -0.2) is 8.78 Å². The third-order valence-electron chi connectivity index (χ3n) is 3.00. The van der Waals surface area contributed by atoms with Crippen molar-refractivity contribution in [1.82, 2.24) is 5.32 Å². The highest BCUT2D eigenvalue weighted by molar-refractivity contribution is 5.33. The fraction of sp³-hybridized carbons (Fsp3) is 0.571. The summed E-state index contributed by atoms with van der Waals surface area (Å²) in [6.45, 7) is 4.36. The molecule has 0 radical (unpaired) electrons. The van der Waals surface area contributed by atoms with Gasteiger partial charge in [0.25, 0.3) is 0 Å². The lowest BCUT2D eigenvalue weighted by molar-refractivity contribution is 0.298. The molecule has 1 N–H and O–H groups in total. The van der Waals surface area contributed by atoms with E-state index in [0.717, 1.165) is 31.4 Å². The van der Waals surface area contributed by atoms with Crippen molar-refractivity contribution < 1.29 is 13.5 Å². The van der Waals surface area contributed by atoms with Crippen LogP contribution in [0.15, 0.2) is 12.1 Å². The summed E-state index contributed by atoms with van der Waals surface area (Å²) in [4.78, 5) is 0. The largest absolute Gasteiger partial charge is 0.493 e. The summed E-state index contributed by atoms with van der Waals surface area (Å²) >= 11 is 0. The molecule has 0 fully saturated rings. The van der Waals surface area contributed by atoms with Crippen LogP contribution in [0.5, 0.6) is 5.75 Å². The summed E-state index contributed by atoms with van der Waals surface area (Å²) in [6.07, 6.45) is 3.03. The molecule has 0 aliphatic carbocycles. The normalized spacial score (nSPS) is 12.5. The Labute approximate surface area is 107 Å². The van der Waals surface area contributed by atoms with Crippen molar-refractivity contribution in [3.8, 4) is 5.75 Å². The third-order valence-corrected chi connectivity index (χ3v) is 3.00. The molecule has 1 rings (SSSR count). The minimum absolute atomic E-state index is 0.426. The molecular formula is C14H21F2NO. The van der Waals surface area contributed by atoms with Gasteiger partial charge in [0.15, 0.2) is 11.6 Å². The van der Waals surface area contributed by atoms with Crippen LogP contribution in [-0.2, 0) is 0 Å². The van der Waals surface area contributed by atoms with Gasteiger partial charge in [-0.05, 0) is 51.8 Å². The quantitative estimate of drug-likeness (QED) is 0.756. The summed E-state index contributed by atoms with van der Waals surface area (Å²) < 4.78 is 31.4. The highest BCUT2D eigenvalue weighted by Gasteiger charge is 2.07. The lowest BCUT2D eigenvalue weighted by Gasteiger charge is -2.11. The number of halogens is 2. The molecule has 1 aromatic carbocycles. The molecule has 4 heteroatoms. The maximum atomic E-state index is 13.0. The van der Waals surface area contributed by atoms with E-state index in [2.05, 4.69) is 12.2 Å². The molecule has 0 aliphatic heterocycles. The van der Waals surface area contributed by atoms with Crippen molar-refractivity contribution in [3.05, 3.63) is 29.3 Å². The van der Waals surface area contributed by atoms with Crippen molar-refractivity contribution >= 4 is 0 Å². The number of aryl methyl sites for hydroxylation is 1. The standard InChI is InChI=1S/C14H21F2NO/c1-10-8-12(15)13(16)9-14(10)18-7-5-4-6-11(2)17-3/h8-9,11,17H,4-7H2,1-3H3. The average Bonchev–Trinajstić information content (AvgIpc) is 2.34. The van der Waals surface area contributed by atoms with Crippen molar-refractivity contribution in [2.45, 2.75) is 39.2 Å². The van der Waals surface area contributed by atoms with Crippen molar-refractivity contribution in [2.75, 3.05) is 13.7 Å². The fourth-order valence-corrected chi connectivity index (χ4v) is 1.66. The molecule has 0 heterocycles. The number of nitrogens with one attached hydrogen (secondary N) is 1. The van der Waals surface area contributed by atoms with Gasteiger partial charge in [-0.2, -0.15) is 0 Å². The molecule has 18 heavy (non-hydrogen) atoms. The first-order valence-electron chi connectivity index (χ1n) is 6.30. The molecule has 0 saturated heterocycles. The molecule has 0 bridgehead atoms. The fourth-order valence-electron chi connectivity index (χ4n) is 1.66. The summed E-state index contributed by atoms with van der Waals surface area (Å²) in [5, 5.41) is 3.16. The molecule has 0 aromatic heterocycles. The van der Waals surface area contributed by atoms with Crippen LogP contribution >= 0.6 is 0 Å². The molecule has 2 nitrogen and oxygen atoms in total. The van der Waals surface area contributed by atoms with E-state index in [1.165, 1.54) is 0 Å². The number of ether oxygens (including phenoxy) is 1. The summed E-state index contributed by atoms with van der Waals surface area (Å²) in [7, 11) is 1.94. The average molecular weight is 257 g/mol. The van der Waals surface area contributed by atoms with E-state index in [0.29, 0.717) is 24.0 Å². The monoisotopic (exact) mass is 257 g/mol. The summed E-state index contributed by atoms with van der Waals surface area (Å²) in [6, 6.07) is 2.77. The Bertz CT molecular complexity index is 382. The van der Waals surface area contributed by atoms with Crippen LogP contribution in [0.2, 0.25) is 0 Å². The Kier molecular flexibility index (Phi) is 6.05. The molecule has 102 valence electrons. The highest BCUT2D eigenvalue weighted by Crippen LogP contribution is 2.21. The maximum absolute atomic E-state index is 13.0. The van der Waals surface area contributed by atoms with Crippen LogP contribution in [0.1, 0.15) is 31.7 Å². The second-order valence-corrected chi connectivity index (χ2v) is 4.57. The van der Waals surface area contributed by atoms with Gasteiger partial charge in [0.05, 0.1) is 6.61 Å². The summed E-state index contributed by atoms with van der Waals surface area (Å²) in [5.41, 5.74) is 0.623. The lowest BCUT2D eigenvalue weighted by atomic mass is 10.1. The SMILES string of the molecule is CNC(C)CCCCOc1cc(F)c(F)cc1C. The predicted octanol–water partition coefficient (Wildman–Crippen LogP) is 3.43. The second kappa shape index (κ2) is 7.31. The number of rotatable bonds is 7. The van der Waals surface area contributed by atoms with E-state index in [9.17, 15) is 8.78 Å². The van der Waals surface area contributed by atoms with Crippen LogP contribution in [0.25, 0.3) is 0 Å². The van der Waals surface area contributed by atoms with Gasteiger partial charge in [-0.3, -0.25) is 0 Å². The first-order valence-corrected chi connectivity index (χ1v) is 6.30. The van der Waals surface area contributed by atoms with Crippen LogP contribution in [0, 0.1) is 18.6 Å². The van der Waals surface area contributed by atoms with Gasteiger partial charge in [0.2, 0.25) is 0 Å². The van der Waals surface area contributed by atoms with Crippen LogP contribution < -0.4 is 10.1 Å². The van der Waals surface area contributed by atoms with E-state index in [1.54, 1.807) is 6.92 Å². The van der Waals surface area contributed by atoms with Gasteiger partial charge >= 0.3 is 0 Å². The van der Waals surface area contributed by atoms with Gasteiger partial charge in [0.1, 0.15) is 5.75 Å². The number of hydrogen-bond donors (Lipinski definition) is 1. The van der Waals surface area contributed by atoms with E-state index < -0.39 is 11.6 Å². The Morgan fingerprint density at radius 1 is 1.22 bits per heavy atom. The van der Waals surface area contributed by atoms with Crippen molar-refractivity contribution in [2.24, 2.45) is 0 Å². The Balaban J connectivity index is 2.33. The molecule has 0 aliphatic rings. The molecule has 0 spiro atoms. The van der Waals surface area contributed by atoms with E-state index in [-0.39, 0.29) is 0 Å². The van der Waals surface area contributed by atoms with Crippen molar-refractivity contribution in [3.63, 3.8) is 0 Å². The Hall–Kier alpha value is -1.16. The van der Waals surface area contributed by atoms with Gasteiger partial charge in [-0.15, -0.1) is 0 Å². The van der Waals surface area contributed by atoms with Crippen LogP contribution in [0.4, 0.5) is 8.78 Å². The zero-order valence-corrected chi connectivity index (χ0v) is 11.2. The Morgan fingerprint density at radius 2 is 1.89 bits per heavy atom. The Morgan fingerprint density at radius 3 is 2.56 bits per heavy atom. The van der Waals surface area contributed by atoms with Gasteiger partial charge < -0.3 is 10.1 Å². The topological polar surface area (TPSA) is 21.3 Å². The molecule has 1 atom stereocenters. The van der Waals surface area contributed by atoms with Gasteiger partial charge in [-0.1, -0.05) is 0 Å². The minimum Gasteiger partial charge on any atom is -0.493 e. The van der Waals surface area contributed by atoms with Gasteiger partial charge in [0, 0.05) is 12.1 Å². The molecule has 1 aromatic rings. The van der Waals surface area contributed by atoms with E-state index >= 15 is 0 Å². The zero-order valence-electron chi connectivity index (χ0n) is 11.2. The first-order chi connectivity index (χ1) is 8.54. The number of unbranched alkanes of at least 4 members (excludes halogenated alkanes) is 1. The zero-order chi connectivity index (χ0) is 13.5. The number of hydrogen-bond acceptors (Lipinski definition) is 2. The predicted molar refractivity (Wildman–Crippen MR) is 69.0 cm³/mol. The van der Waals surface area contributed by atoms with E-state index in [4.69, 9.17) is 4.74 Å². The van der Waals surface area contributed by atoms with E-state index in [1.807, 2.05) is 7.05 Å². The third kappa shape index (κ3) is 4.61. The smallest absolute Gasteiger partial charge is 0.162 e. The molecule has 1 unspecified atom stereocenters. The maximum Gasteiger partial charge on any atom is 0.162 e. The second-order valence-electron chi connectivity index (χ2n) is 4.57. The first kappa shape index (κ1) is 14.9. The highest BCUT2D eigenvalue weighted by atomic mass is 19.2. The molecule has 0 saturated carbocycles. The lowest BCUT2D eigenvalue weighted by Crippen LogP contribution is -2.20. The van der Waals surface area contributed by atoms with Crippen LogP contribution in [-0.4, -0.2) is 19.7 Å².